The van der Waals surface area contributed by atoms with E-state index in [1.165, 1.54) is 70.6 Å². The minimum absolute atomic E-state index is 0.764. The molecule has 2 aliphatic rings. The van der Waals surface area contributed by atoms with Crippen molar-refractivity contribution < 1.29 is 0 Å². The van der Waals surface area contributed by atoms with Gasteiger partial charge in [-0.1, -0.05) is 45.4 Å². The van der Waals surface area contributed by atoms with Crippen molar-refractivity contribution >= 4 is 0 Å². The molecular weight excluding hydrogens is 218 g/mol. The van der Waals surface area contributed by atoms with Crippen LogP contribution < -0.4 is 5.32 Å². The first-order chi connectivity index (χ1) is 8.79. The van der Waals surface area contributed by atoms with Gasteiger partial charge in [0.15, 0.2) is 0 Å². The van der Waals surface area contributed by atoms with E-state index in [2.05, 4.69) is 19.2 Å². The lowest BCUT2D eigenvalue weighted by Gasteiger charge is -2.26. The van der Waals surface area contributed by atoms with Crippen molar-refractivity contribution in [2.75, 3.05) is 0 Å². The van der Waals surface area contributed by atoms with E-state index in [4.69, 9.17) is 0 Å². The first kappa shape index (κ1) is 14.4. The van der Waals surface area contributed by atoms with Crippen LogP contribution in [-0.2, 0) is 0 Å². The van der Waals surface area contributed by atoms with Crippen molar-refractivity contribution in [2.45, 2.75) is 96.6 Å². The third-order valence-corrected chi connectivity index (χ3v) is 5.39. The zero-order valence-electron chi connectivity index (χ0n) is 12.6. The third kappa shape index (κ3) is 4.26. The van der Waals surface area contributed by atoms with Crippen LogP contribution in [0.3, 0.4) is 0 Å². The van der Waals surface area contributed by atoms with E-state index < -0.39 is 0 Å². The Balaban J connectivity index is 1.72. The average molecular weight is 251 g/mol. The number of rotatable bonds is 5. The second kappa shape index (κ2) is 7.53. The quantitative estimate of drug-likeness (QED) is 0.685. The van der Waals surface area contributed by atoms with E-state index in [0.29, 0.717) is 0 Å². The zero-order valence-corrected chi connectivity index (χ0v) is 12.6. The van der Waals surface area contributed by atoms with Crippen molar-refractivity contribution in [1.29, 1.82) is 0 Å². The molecule has 0 aromatic heterocycles. The molecule has 0 aromatic carbocycles. The molecule has 2 saturated carbocycles. The Hall–Kier alpha value is -0.0400. The largest absolute Gasteiger partial charge is 0.311 e. The summed E-state index contributed by atoms with van der Waals surface area (Å²) in [6, 6.07) is 1.59. The Morgan fingerprint density at radius 3 is 2.44 bits per heavy atom. The van der Waals surface area contributed by atoms with E-state index in [-0.39, 0.29) is 0 Å². The number of nitrogens with one attached hydrogen (secondary N) is 1. The van der Waals surface area contributed by atoms with Crippen molar-refractivity contribution in [3.05, 3.63) is 0 Å². The summed E-state index contributed by atoms with van der Waals surface area (Å²) in [5, 5.41) is 3.96. The maximum absolute atomic E-state index is 3.96. The Morgan fingerprint density at radius 2 is 1.72 bits per heavy atom. The maximum atomic E-state index is 3.96. The summed E-state index contributed by atoms with van der Waals surface area (Å²) in [6.07, 6.45) is 16.0. The lowest BCUT2D eigenvalue weighted by molar-refractivity contribution is 0.320. The van der Waals surface area contributed by atoms with Crippen LogP contribution in [0, 0.1) is 11.8 Å². The highest BCUT2D eigenvalue weighted by Gasteiger charge is 2.25. The van der Waals surface area contributed by atoms with Gasteiger partial charge in [0.2, 0.25) is 0 Å². The predicted octanol–water partition coefficient (Wildman–Crippen LogP) is 4.90. The molecule has 0 aromatic rings. The second-order valence-corrected chi connectivity index (χ2v) is 6.86. The van der Waals surface area contributed by atoms with E-state index in [1.807, 2.05) is 0 Å². The van der Waals surface area contributed by atoms with Crippen molar-refractivity contribution in [2.24, 2.45) is 11.8 Å². The molecule has 1 N–H and O–H groups in total. The first-order valence-corrected chi connectivity index (χ1v) is 8.55. The smallest absolute Gasteiger partial charge is 0.00697 e. The highest BCUT2D eigenvalue weighted by molar-refractivity contribution is 4.82. The number of hydrogen-bond acceptors (Lipinski definition) is 1. The molecule has 2 rings (SSSR count). The molecule has 2 aliphatic carbocycles. The van der Waals surface area contributed by atoms with Crippen LogP contribution in [0.15, 0.2) is 0 Å². The van der Waals surface area contributed by atoms with Gasteiger partial charge in [-0.2, -0.15) is 0 Å². The lowest BCUT2D eigenvalue weighted by Crippen LogP contribution is -2.40. The molecule has 2 fully saturated rings. The predicted molar refractivity (Wildman–Crippen MR) is 79.8 cm³/mol. The van der Waals surface area contributed by atoms with Crippen molar-refractivity contribution in [1.82, 2.24) is 5.32 Å². The molecular formula is C17H33N. The minimum atomic E-state index is 0.764. The SMILES string of the molecule is CCCC1CCCC(N[C@H](C)C2CCCC2)CC1. The molecule has 18 heavy (non-hydrogen) atoms. The zero-order chi connectivity index (χ0) is 12.8. The van der Waals surface area contributed by atoms with Crippen LogP contribution in [0.2, 0.25) is 0 Å². The topological polar surface area (TPSA) is 12.0 Å². The van der Waals surface area contributed by atoms with Gasteiger partial charge < -0.3 is 5.32 Å². The van der Waals surface area contributed by atoms with Crippen LogP contribution in [-0.4, -0.2) is 12.1 Å². The fourth-order valence-electron chi connectivity index (χ4n) is 4.21. The minimum Gasteiger partial charge on any atom is -0.311 e. The molecule has 0 bridgehead atoms. The Bertz CT molecular complexity index is 220. The summed E-state index contributed by atoms with van der Waals surface area (Å²) in [5.41, 5.74) is 0. The van der Waals surface area contributed by atoms with Crippen molar-refractivity contribution in [3.8, 4) is 0 Å². The van der Waals surface area contributed by atoms with Gasteiger partial charge in [-0.15, -0.1) is 0 Å². The van der Waals surface area contributed by atoms with Gasteiger partial charge in [-0.25, -0.2) is 0 Å². The van der Waals surface area contributed by atoms with Crippen LogP contribution in [0.5, 0.6) is 0 Å². The standard InChI is InChI=1S/C17H33N/c1-3-7-15-8-6-11-17(13-12-15)18-14(2)16-9-4-5-10-16/h14-18H,3-13H2,1-2H3/t14-,15?,17?/m1/s1. The molecule has 1 nitrogen and oxygen atoms in total. The molecule has 0 spiro atoms. The normalized spacial score (nSPS) is 32.3. The molecule has 0 saturated heterocycles. The summed E-state index contributed by atoms with van der Waals surface area (Å²) < 4.78 is 0. The van der Waals surface area contributed by atoms with Crippen molar-refractivity contribution in [3.63, 3.8) is 0 Å². The van der Waals surface area contributed by atoms with Gasteiger partial charge in [0, 0.05) is 12.1 Å². The summed E-state index contributed by atoms with van der Waals surface area (Å²) in [7, 11) is 0. The van der Waals surface area contributed by atoms with E-state index >= 15 is 0 Å². The lowest BCUT2D eigenvalue weighted by atomic mass is 9.95. The summed E-state index contributed by atoms with van der Waals surface area (Å²) >= 11 is 0. The van der Waals surface area contributed by atoms with Gasteiger partial charge in [-0.3, -0.25) is 0 Å². The molecule has 106 valence electrons. The van der Waals surface area contributed by atoms with Crippen LogP contribution >= 0.6 is 0 Å². The van der Waals surface area contributed by atoms with Gasteiger partial charge in [0.25, 0.3) is 0 Å². The van der Waals surface area contributed by atoms with Crippen LogP contribution in [0.4, 0.5) is 0 Å². The van der Waals surface area contributed by atoms with Gasteiger partial charge in [0.05, 0.1) is 0 Å². The summed E-state index contributed by atoms with van der Waals surface area (Å²) in [4.78, 5) is 0. The van der Waals surface area contributed by atoms with Gasteiger partial charge in [0.1, 0.15) is 0 Å². The Morgan fingerprint density at radius 1 is 0.944 bits per heavy atom. The highest BCUT2D eigenvalue weighted by Crippen LogP contribution is 2.30. The molecule has 1 heteroatoms. The van der Waals surface area contributed by atoms with Gasteiger partial charge >= 0.3 is 0 Å². The monoisotopic (exact) mass is 251 g/mol. The Kier molecular flexibility index (Phi) is 6.01. The second-order valence-electron chi connectivity index (χ2n) is 6.86. The Labute approximate surface area is 114 Å². The molecule has 0 heterocycles. The molecule has 0 amide bonds. The summed E-state index contributed by atoms with van der Waals surface area (Å²) in [6.45, 7) is 4.77. The highest BCUT2D eigenvalue weighted by atomic mass is 15.0. The fraction of sp³-hybridized carbons (Fsp3) is 1.00. The van der Waals surface area contributed by atoms with E-state index in [9.17, 15) is 0 Å². The van der Waals surface area contributed by atoms with Crippen LogP contribution in [0.25, 0.3) is 0 Å². The van der Waals surface area contributed by atoms with Crippen LogP contribution in [0.1, 0.15) is 84.5 Å². The molecule has 0 aliphatic heterocycles. The van der Waals surface area contributed by atoms with E-state index in [0.717, 1.165) is 23.9 Å². The molecule has 2 unspecified atom stereocenters. The number of hydrogen-bond donors (Lipinski definition) is 1. The molecule has 3 atom stereocenters. The molecule has 0 radical (unpaired) electrons. The van der Waals surface area contributed by atoms with Gasteiger partial charge in [-0.05, 0) is 50.9 Å². The van der Waals surface area contributed by atoms with E-state index in [1.54, 1.807) is 0 Å². The summed E-state index contributed by atoms with van der Waals surface area (Å²) in [5.74, 6) is 2.00. The maximum Gasteiger partial charge on any atom is 0.00697 e. The average Bonchev–Trinajstić information content (AvgIpc) is 2.81. The third-order valence-electron chi connectivity index (χ3n) is 5.39. The fourth-order valence-corrected chi connectivity index (χ4v) is 4.21. The first-order valence-electron chi connectivity index (χ1n) is 8.55.